The normalized spacial score (nSPS) is 15.3. The molecule has 2 nitrogen and oxygen atoms in total. The maximum atomic E-state index is 10.2. The van der Waals surface area contributed by atoms with Gasteiger partial charge in [-0.3, -0.25) is 4.90 Å². The molecule has 15 heavy (non-hydrogen) atoms. The summed E-state index contributed by atoms with van der Waals surface area (Å²) in [4.78, 5) is 2.26. The van der Waals surface area contributed by atoms with Gasteiger partial charge < -0.3 is 5.11 Å². The SMILES string of the molecule is CCN(CC)[C@@H](C)[C@H](O)c1ccccc1. The molecule has 0 bridgehead atoms. The van der Waals surface area contributed by atoms with Crippen LogP contribution in [0, 0.1) is 0 Å². The van der Waals surface area contributed by atoms with Gasteiger partial charge in [0.15, 0.2) is 0 Å². The van der Waals surface area contributed by atoms with E-state index in [1.54, 1.807) is 0 Å². The zero-order valence-corrected chi connectivity index (χ0v) is 9.85. The maximum Gasteiger partial charge on any atom is 0.0942 e. The lowest BCUT2D eigenvalue weighted by atomic mass is 10.0. The topological polar surface area (TPSA) is 23.5 Å². The van der Waals surface area contributed by atoms with E-state index in [1.165, 1.54) is 0 Å². The average Bonchev–Trinajstić information content (AvgIpc) is 2.30. The molecule has 0 aromatic heterocycles. The lowest BCUT2D eigenvalue weighted by Gasteiger charge is -2.30. The molecule has 0 fully saturated rings. The fourth-order valence-electron chi connectivity index (χ4n) is 1.93. The molecule has 0 unspecified atom stereocenters. The van der Waals surface area contributed by atoms with E-state index in [0.29, 0.717) is 0 Å². The average molecular weight is 207 g/mol. The molecule has 0 aliphatic carbocycles. The molecular formula is C13H21NO. The Morgan fingerprint density at radius 2 is 1.67 bits per heavy atom. The van der Waals surface area contributed by atoms with E-state index >= 15 is 0 Å². The number of hydrogen-bond acceptors (Lipinski definition) is 2. The van der Waals surface area contributed by atoms with E-state index in [1.807, 2.05) is 30.3 Å². The molecule has 1 aromatic rings. The Balaban J connectivity index is 2.71. The first kappa shape index (κ1) is 12.2. The predicted molar refractivity (Wildman–Crippen MR) is 63.8 cm³/mol. The highest BCUT2D eigenvalue weighted by molar-refractivity contribution is 5.18. The van der Waals surface area contributed by atoms with E-state index < -0.39 is 6.10 Å². The van der Waals surface area contributed by atoms with Crippen molar-refractivity contribution in [3.63, 3.8) is 0 Å². The smallest absolute Gasteiger partial charge is 0.0942 e. The fourth-order valence-corrected chi connectivity index (χ4v) is 1.93. The molecule has 0 saturated carbocycles. The molecule has 0 radical (unpaired) electrons. The lowest BCUT2D eigenvalue weighted by Crippen LogP contribution is -2.37. The van der Waals surface area contributed by atoms with E-state index in [9.17, 15) is 5.11 Å². The van der Waals surface area contributed by atoms with Crippen molar-refractivity contribution >= 4 is 0 Å². The van der Waals surface area contributed by atoms with Crippen LogP contribution in [0.4, 0.5) is 0 Å². The molecule has 2 heteroatoms. The van der Waals surface area contributed by atoms with Gasteiger partial charge >= 0.3 is 0 Å². The van der Waals surface area contributed by atoms with E-state index in [-0.39, 0.29) is 6.04 Å². The first-order chi connectivity index (χ1) is 7.20. The Hall–Kier alpha value is -0.860. The molecule has 1 N–H and O–H groups in total. The zero-order valence-electron chi connectivity index (χ0n) is 9.85. The van der Waals surface area contributed by atoms with Crippen LogP contribution in [-0.2, 0) is 0 Å². The van der Waals surface area contributed by atoms with Crippen LogP contribution in [0.25, 0.3) is 0 Å². The number of hydrogen-bond donors (Lipinski definition) is 1. The van der Waals surface area contributed by atoms with Crippen molar-refractivity contribution in [3.05, 3.63) is 35.9 Å². The van der Waals surface area contributed by atoms with Crippen molar-refractivity contribution in [2.75, 3.05) is 13.1 Å². The Kier molecular flexibility index (Phi) is 4.79. The molecule has 2 atom stereocenters. The van der Waals surface area contributed by atoms with E-state index in [0.717, 1.165) is 18.7 Å². The van der Waals surface area contributed by atoms with Crippen LogP contribution >= 0.6 is 0 Å². The van der Waals surface area contributed by atoms with E-state index in [2.05, 4.69) is 25.7 Å². The standard InChI is InChI=1S/C13H21NO/c1-4-14(5-2)11(3)13(15)12-9-7-6-8-10-12/h6-11,13,15H,4-5H2,1-3H3/t11-,13-/m0/s1. The van der Waals surface area contributed by atoms with Crippen molar-refractivity contribution in [1.82, 2.24) is 4.90 Å². The van der Waals surface area contributed by atoms with Crippen LogP contribution in [0.5, 0.6) is 0 Å². The largest absolute Gasteiger partial charge is 0.387 e. The van der Waals surface area contributed by atoms with Crippen LogP contribution in [0.2, 0.25) is 0 Å². The van der Waals surface area contributed by atoms with E-state index in [4.69, 9.17) is 0 Å². The number of nitrogens with zero attached hydrogens (tertiary/aromatic N) is 1. The molecule has 0 amide bonds. The van der Waals surface area contributed by atoms with Gasteiger partial charge in [-0.2, -0.15) is 0 Å². The molecule has 1 rings (SSSR count). The summed E-state index contributed by atoms with van der Waals surface area (Å²) in [5, 5.41) is 10.2. The van der Waals surface area contributed by atoms with Crippen molar-refractivity contribution in [1.29, 1.82) is 0 Å². The number of rotatable bonds is 5. The quantitative estimate of drug-likeness (QED) is 0.801. The summed E-state index contributed by atoms with van der Waals surface area (Å²) >= 11 is 0. The van der Waals surface area contributed by atoms with Crippen molar-refractivity contribution in [2.24, 2.45) is 0 Å². The highest BCUT2D eigenvalue weighted by atomic mass is 16.3. The Morgan fingerprint density at radius 3 is 2.13 bits per heavy atom. The predicted octanol–water partition coefficient (Wildman–Crippen LogP) is 2.45. The van der Waals surface area contributed by atoms with Crippen molar-refractivity contribution < 1.29 is 5.11 Å². The van der Waals surface area contributed by atoms with Crippen LogP contribution in [0.15, 0.2) is 30.3 Å². The number of benzene rings is 1. The van der Waals surface area contributed by atoms with Gasteiger partial charge in [-0.05, 0) is 25.6 Å². The Labute approximate surface area is 92.5 Å². The molecule has 0 spiro atoms. The van der Waals surface area contributed by atoms with Gasteiger partial charge in [-0.25, -0.2) is 0 Å². The third kappa shape index (κ3) is 3.05. The molecule has 84 valence electrons. The third-order valence-electron chi connectivity index (χ3n) is 2.99. The second kappa shape index (κ2) is 5.89. The molecule has 0 aliphatic heterocycles. The van der Waals surface area contributed by atoms with Gasteiger partial charge in [-0.1, -0.05) is 44.2 Å². The molecule has 1 aromatic carbocycles. The van der Waals surface area contributed by atoms with Crippen molar-refractivity contribution in [3.8, 4) is 0 Å². The summed E-state index contributed by atoms with van der Waals surface area (Å²) in [7, 11) is 0. The summed E-state index contributed by atoms with van der Waals surface area (Å²) in [6.45, 7) is 8.27. The maximum absolute atomic E-state index is 10.2. The first-order valence-electron chi connectivity index (χ1n) is 5.67. The second-order valence-electron chi connectivity index (χ2n) is 3.82. The Morgan fingerprint density at radius 1 is 1.13 bits per heavy atom. The number of aliphatic hydroxyl groups excluding tert-OH is 1. The highest BCUT2D eigenvalue weighted by Crippen LogP contribution is 2.20. The summed E-state index contributed by atoms with van der Waals surface area (Å²) < 4.78 is 0. The van der Waals surface area contributed by atoms with Gasteiger partial charge in [-0.15, -0.1) is 0 Å². The fraction of sp³-hybridized carbons (Fsp3) is 0.538. The molecule has 0 saturated heterocycles. The Bertz CT molecular complexity index is 269. The molecule has 0 heterocycles. The molecule has 0 aliphatic rings. The van der Waals surface area contributed by atoms with Gasteiger partial charge in [0.1, 0.15) is 0 Å². The van der Waals surface area contributed by atoms with Crippen LogP contribution in [0.3, 0.4) is 0 Å². The highest BCUT2D eigenvalue weighted by Gasteiger charge is 2.20. The third-order valence-corrected chi connectivity index (χ3v) is 2.99. The number of aliphatic hydroxyl groups is 1. The van der Waals surface area contributed by atoms with Crippen LogP contribution < -0.4 is 0 Å². The molecular weight excluding hydrogens is 186 g/mol. The summed E-state index contributed by atoms with van der Waals surface area (Å²) in [5.74, 6) is 0. The van der Waals surface area contributed by atoms with Gasteiger partial charge in [0.2, 0.25) is 0 Å². The monoisotopic (exact) mass is 207 g/mol. The second-order valence-corrected chi connectivity index (χ2v) is 3.82. The van der Waals surface area contributed by atoms with Gasteiger partial charge in [0.05, 0.1) is 6.10 Å². The minimum atomic E-state index is -0.397. The lowest BCUT2D eigenvalue weighted by molar-refractivity contribution is 0.0638. The minimum Gasteiger partial charge on any atom is -0.387 e. The summed E-state index contributed by atoms with van der Waals surface area (Å²) in [6, 6.07) is 10.0. The minimum absolute atomic E-state index is 0.169. The van der Waals surface area contributed by atoms with Crippen LogP contribution in [0.1, 0.15) is 32.4 Å². The zero-order chi connectivity index (χ0) is 11.3. The summed E-state index contributed by atoms with van der Waals surface area (Å²) in [5.41, 5.74) is 0.997. The van der Waals surface area contributed by atoms with Gasteiger partial charge in [0, 0.05) is 6.04 Å². The van der Waals surface area contributed by atoms with Crippen molar-refractivity contribution in [2.45, 2.75) is 32.9 Å². The van der Waals surface area contributed by atoms with Crippen LogP contribution in [-0.4, -0.2) is 29.1 Å². The number of likely N-dealkylation sites (N-methyl/N-ethyl adjacent to an activating group) is 1. The first-order valence-corrected chi connectivity index (χ1v) is 5.67. The summed E-state index contributed by atoms with van der Waals surface area (Å²) in [6.07, 6.45) is -0.397. The van der Waals surface area contributed by atoms with Gasteiger partial charge in [0.25, 0.3) is 0 Å².